The van der Waals surface area contributed by atoms with Gasteiger partial charge in [0, 0.05) is 56.5 Å². The molecule has 0 radical (unpaired) electrons. The van der Waals surface area contributed by atoms with Crippen LogP contribution < -0.4 is 21.3 Å². The molecule has 286 valence electrons. The Morgan fingerprint density at radius 3 is 1.60 bits per heavy atom. The van der Waals surface area contributed by atoms with E-state index in [0.29, 0.717) is 22.4 Å². The molecule has 8 bridgehead atoms. The van der Waals surface area contributed by atoms with Gasteiger partial charge in [0.1, 0.15) is 0 Å². The van der Waals surface area contributed by atoms with E-state index in [1.54, 1.807) is 88.2 Å². The topological polar surface area (TPSA) is 48.1 Å². The summed E-state index contributed by atoms with van der Waals surface area (Å²) in [6, 6.07) is 10.8. The Bertz CT molecular complexity index is 1460. The molecule has 0 spiro atoms. The summed E-state index contributed by atoms with van der Waals surface area (Å²) in [4.78, 5) is 0. The Kier molecular flexibility index (Phi) is 11.0. The van der Waals surface area contributed by atoms with Gasteiger partial charge in [-0.05, 0) is 140 Å². The van der Waals surface area contributed by atoms with Gasteiger partial charge in [-0.3, -0.25) is 0 Å². The molecule has 13 rings (SSSR count). The van der Waals surface area contributed by atoms with Crippen molar-refractivity contribution in [1.29, 1.82) is 0 Å². The van der Waals surface area contributed by atoms with E-state index in [1.165, 1.54) is 17.3 Å². The van der Waals surface area contributed by atoms with E-state index in [4.69, 9.17) is 0 Å². The summed E-state index contributed by atoms with van der Waals surface area (Å²) >= 11 is 0. The molecule has 4 N–H and O–H groups in total. The average Bonchev–Trinajstić information content (AvgIpc) is 3.88. The Labute approximate surface area is 335 Å². The van der Waals surface area contributed by atoms with Gasteiger partial charge in [-0.25, -0.2) is 12.1 Å². The summed E-state index contributed by atoms with van der Waals surface area (Å²) in [5.74, 6) is 6.22. The van der Waals surface area contributed by atoms with Crippen LogP contribution in [0.4, 0.5) is 0 Å². The maximum Gasteiger partial charge on any atom is 2.00 e. The Morgan fingerprint density at radius 2 is 1.21 bits per heavy atom. The van der Waals surface area contributed by atoms with E-state index >= 15 is 0 Å². The Morgan fingerprint density at radius 1 is 0.698 bits per heavy atom. The van der Waals surface area contributed by atoms with Crippen molar-refractivity contribution in [3.8, 4) is 0 Å². The van der Waals surface area contributed by atoms with Gasteiger partial charge in [-0.1, -0.05) is 25.6 Å². The van der Waals surface area contributed by atoms with E-state index in [-0.39, 0.29) is 30.1 Å². The normalized spacial score (nSPS) is 43.6. The molecule has 10 aliphatic carbocycles. The fourth-order valence-electron chi connectivity index (χ4n) is 14.6. The smallest absolute Gasteiger partial charge is 0.314 e. The summed E-state index contributed by atoms with van der Waals surface area (Å²) in [6.07, 6.45) is 37.1. The average molecular weight is 791 g/mol. The number of nitrogens with one attached hydrogen (secondary N) is 4. The molecule has 2 saturated heterocycles. The summed E-state index contributed by atoms with van der Waals surface area (Å²) in [6.45, 7) is 6.31. The van der Waals surface area contributed by atoms with Crippen LogP contribution in [0.2, 0.25) is 0 Å². The minimum atomic E-state index is -0.120. The number of hydrogen-bond donors (Lipinski definition) is 4. The third kappa shape index (κ3) is 7.07. The van der Waals surface area contributed by atoms with Crippen LogP contribution in [0.15, 0.2) is 89.1 Å². The predicted octanol–water partition coefficient (Wildman–Crippen LogP) is 8.04. The molecule has 2 aliphatic heterocycles. The zero-order valence-corrected chi connectivity index (χ0v) is 35.0. The number of piperazine rings is 2. The maximum absolute atomic E-state index is 4.06. The van der Waals surface area contributed by atoms with Crippen molar-refractivity contribution < 1.29 is 17.1 Å². The van der Waals surface area contributed by atoms with E-state index in [0.717, 1.165) is 74.8 Å². The van der Waals surface area contributed by atoms with E-state index in [2.05, 4.69) is 73.4 Å². The number of allylic oxidation sites excluding steroid dienone is 9. The van der Waals surface area contributed by atoms with E-state index in [9.17, 15) is 0 Å². The maximum atomic E-state index is 4.06. The molecule has 1 aromatic carbocycles. The van der Waals surface area contributed by atoms with Crippen molar-refractivity contribution in [2.75, 3.05) is 45.4 Å². The van der Waals surface area contributed by atoms with Gasteiger partial charge in [-0.15, -0.1) is 45.5 Å². The van der Waals surface area contributed by atoms with Crippen molar-refractivity contribution >= 4 is 17.2 Å². The summed E-state index contributed by atoms with van der Waals surface area (Å²) in [7, 11) is 3.43. The monoisotopic (exact) mass is 790 g/mol. The van der Waals surface area contributed by atoms with Gasteiger partial charge in [-0.2, -0.15) is 18.2 Å². The van der Waals surface area contributed by atoms with Gasteiger partial charge in [0.2, 0.25) is 0 Å². The fourth-order valence-corrected chi connectivity index (χ4v) is 20.5. The van der Waals surface area contributed by atoms with Crippen LogP contribution in [0.1, 0.15) is 77.0 Å². The van der Waals surface area contributed by atoms with Crippen molar-refractivity contribution in [3.63, 3.8) is 0 Å². The van der Waals surface area contributed by atoms with E-state index in [1.807, 2.05) is 30.3 Å². The zero-order chi connectivity index (χ0) is 34.8. The molecule has 3 unspecified atom stereocenters. The van der Waals surface area contributed by atoms with Gasteiger partial charge < -0.3 is 21.3 Å². The number of hydrogen-bond acceptors (Lipinski definition) is 4. The molecular formula is C46H64FeN4P2. The minimum Gasteiger partial charge on any atom is -0.314 e. The molecule has 0 amide bonds. The Hall–Kier alpha value is -0.861. The van der Waals surface area contributed by atoms with Gasteiger partial charge >= 0.3 is 17.1 Å². The first-order valence-electron chi connectivity index (χ1n) is 21.5. The molecule has 0 aromatic heterocycles. The second kappa shape index (κ2) is 15.5. The van der Waals surface area contributed by atoms with Crippen LogP contribution in [0, 0.1) is 41.9 Å². The van der Waals surface area contributed by atoms with Crippen LogP contribution >= 0.6 is 17.2 Å². The first-order valence-corrected chi connectivity index (χ1v) is 23.6. The third-order valence-corrected chi connectivity index (χ3v) is 21.0. The molecule has 53 heavy (non-hydrogen) atoms. The summed E-state index contributed by atoms with van der Waals surface area (Å²) in [5, 5.41) is 16.9. The van der Waals surface area contributed by atoms with E-state index < -0.39 is 0 Å². The van der Waals surface area contributed by atoms with Gasteiger partial charge in [0.25, 0.3) is 0 Å². The van der Waals surface area contributed by atoms with Crippen LogP contribution in [0.5, 0.6) is 0 Å². The van der Waals surface area contributed by atoms with Gasteiger partial charge in [0.15, 0.2) is 0 Å². The molecular weight excluding hydrogens is 726 g/mol. The molecule has 7 heteroatoms. The molecule has 1 aromatic rings. The zero-order valence-electron chi connectivity index (χ0n) is 31.9. The fraction of sp³-hybridized carbons (Fsp3) is 0.652. The van der Waals surface area contributed by atoms with Crippen molar-refractivity contribution in [1.82, 2.24) is 21.3 Å². The van der Waals surface area contributed by atoms with Crippen LogP contribution in [0.3, 0.4) is 0 Å². The molecule has 10 fully saturated rings. The minimum absolute atomic E-state index is 0. The molecule has 8 saturated carbocycles. The van der Waals surface area contributed by atoms with Crippen molar-refractivity contribution in [3.05, 3.63) is 95.5 Å². The second-order valence-corrected chi connectivity index (χ2v) is 23.3. The van der Waals surface area contributed by atoms with Crippen molar-refractivity contribution in [2.45, 2.75) is 105 Å². The van der Waals surface area contributed by atoms with Crippen LogP contribution in [-0.4, -0.2) is 73.0 Å². The third-order valence-electron chi connectivity index (χ3n) is 15.8. The van der Waals surface area contributed by atoms with Crippen molar-refractivity contribution in [2.24, 2.45) is 35.5 Å². The predicted molar refractivity (Wildman–Crippen MR) is 223 cm³/mol. The first kappa shape index (κ1) is 37.7. The summed E-state index contributed by atoms with van der Waals surface area (Å²) in [5.41, 5.74) is 6.23. The molecule has 12 aliphatic rings. The molecule has 2 heterocycles. The summed E-state index contributed by atoms with van der Waals surface area (Å²) < 4.78 is 0. The number of rotatable bonds is 7. The van der Waals surface area contributed by atoms with Crippen LogP contribution in [-0.2, 0) is 17.1 Å². The molecule has 3 atom stereocenters. The van der Waals surface area contributed by atoms with Crippen LogP contribution in [0.25, 0.3) is 0 Å². The SMILES string of the molecule is PC(C1=CC(=C2C=CC=C[CH-]2)C=C1CP(C12CC3CC(CC(C3)C1)C2)C12CC3CC(CC(C3)C1)C2)(C1CNCCN1)C1CNCCN1.[Fe+2].c1cc[cH-]c1. The second-order valence-electron chi connectivity index (χ2n) is 19.2. The Balaban J connectivity index is 0.000000576. The quantitative estimate of drug-likeness (QED) is 0.129. The first-order chi connectivity index (χ1) is 25.5. The van der Waals surface area contributed by atoms with Gasteiger partial charge in [0.05, 0.1) is 0 Å². The standard InChI is InChI=1S/C41H59N4P2.C5H5.Fe/c46-41(37-24-42-6-8-44-37,38-25-43-7-9-45-38)36-17-34(33-4-2-1-3-5-33)16-35(36)26-47(39-18-27-10-28(19-39)12-29(11-27)20-39)40-21-30-13-31(22-40)15-32(14-30)23-40;1-2-4-5-3-1;/h1-5,16-17,27-32,37-38,42-45H,6-15,18-26,46H2;1-5H;/q2*-1;+2. The molecule has 4 nitrogen and oxygen atoms in total. The largest absolute Gasteiger partial charge is 2.00 e.